The van der Waals surface area contributed by atoms with Gasteiger partial charge in [0.2, 0.25) is 0 Å². The quantitative estimate of drug-likeness (QED) is 0.636. The number of nitrogens with zero attached hydrogens (tertiary/aromatic N) is 4. The van der Waals surface area contributed by atoms with Gasteiger partial charge in [-0.2, -0.15) is 0 Å². The molecule has 5 fully saturated rings. The summed E-state index contributed by atoms with van der Waals surface area (Å²) >= 11 is 0. The fourth-order valence-corrected chi connectivity index (χ4v) is 8.84. The minimum atomic E-state index is -0.889. The van der Waals surface area contributed by atoms with Crippen LogP contribution in [0, 0.1) is 17.8 Å². The number of carboxylic acid groups (broad SMARTS) is 1. The lowest BCUT2D eigenvalue weighted by Gasteiger charge is -2.55. The zero-order valence-corrected chi connectivity index (χ0v) is 22.4. The number of carbonyl (C=O) groups is 1. The molecule has 7 rings (SSSR count). The summed E-state index contributed by atoms with van der Waals surface area (Å²) in [6.45, 7) is 4.37. The summed E-state index contributed by atoms with van der Waals surface area (Å²) in [7, 11) is 0. The zero-order chi connectivity index (χ0) is 26.0. The van der Waals surface area contributed by atoms with Crippen molar-refractivity contribution >= 4 is 22.8 Å². The molecule has 0 spiro atoms. The molecule has 4 heterocycles. The summed E-state index contributed by atoms with van der Waals surface area (Å²) in [5.41, 5.74) is 1.46. The average Bonchev–Trinajstić information content (AvgIpc) is 2.87. The van der Waals surface area contributed by atoms with Gasteiger partial charge >= 0.3 is 5.97 Å². The molecule has 0 amide bonds. The topological polar surface area (TPSA) is 87.9 Å². The maximum Gasteiger partial charge on any atom is 0.326 e. The number of aromatic nitrogens is 2. The van der Waals surface area contributed by atoms with Crippen molar-refractivity contribution in [1.82, 2.24) is 14.5 Å². The second-order valence-corrected chi connectivity index (χ2v) is 12.7. The van der Waals surface area contributed by atoms with Gasteiger partial charge in [0.1, 0.15) is 6.04 Å². The third-order valence-corrected chi connectivity index (χ3v) is 10.5. The number of hydrogen-bond donors (Lipinski definition) is 1. The smallest absolute Gasteiger partial charge is 0.326 e. The van der Waals surface area contributed by atoms with Crippen molar-refractivity contribution < 1.29 is 14.6 Å². The first-order valence-corrected chi connectivity index (χ1v) is 14.9. The highest BCUT2D eigenvalue weighted by Crippen LogP contribution is 2.47. The van der Waals surface area contributed by atoms with E-state index in [1.165, 1.54) is 38.5 Å². The molecule has 8 heteroatoms. The molecule has 2 aromatic rings. The van der Waals surface area contributed by atoms with Crippen molar-refractivity contribution in [3.05, 3.63) is 34.6 Å². The summed E-state index contributed by atoms with van der Waals surface area (Å²) in [6, 6.07) is 8.48. The Hall–Kier alpha value is -2.45. The largest absolute Gasteiger partial charge is 0.480 e. The standard InChI is InChI=1S/C30H40N4O4/c1-2-18-9-19-11-20(10-18)13-21(12-19)33-23-14-22(15-24(33)17-38-16-23)34-26-6-4-3-5-25(26)31-28(29(34)35)32-8-7-27(32)30(36)37/h3-6,18-24,27H,2,7-17H2,1H3,(H,36,37). The van der Waals surface area contributed by atoms with E-state index in [9.17, 15) is 14.7 Å². The number of ether oxygens (including phenoxy) is 1. The molecule has 1 aromatic carbocycles. The molecule has 2 aliphatic carbocycles. The van der Waals surface area contributed by atoms with E-state index in [0.717, 1.165) is 54.8 Å². The van der Waals surface area contributed by atoms with Crippen LogP contribution in [0.4, 0.5) is 5.82 Å². The van der Waals surface area contributed by atoms with E-state index < -0.39 is 12.0 Å². The number of benzene rings is 1. The first-order valence-electron chi connectivity index (χ1n) is 14.9. The predicted octanol–water partition coefficient (Wildman–Crippen LogP) is 4.07. The van der Waals surface area contributed by atoms with Gasteiger partial charge in [-0.25, -0.2) is 9.78 Å². The SMILES string of the molecule is CCC1CC2CC(C1)CC(N1C3COCC1CC(n1c(=O)c(N4CCC4C(=O)O)nc4ccccc41)C3)C2. The van der Waals surface area contributed by atoms with Crippen LogP contribution >= 0.6 is 0 Å². The van der Waals surface area contributed by atoms with Gasteiger partial charge in [0, 0.05) is 30.7 Å². The number of fused-ring (bicyclic) bond motifs is 5. The van der Waals surface area contributed by atoms with Crippen molar-refractivity contribution in [2.75, 3.05) is 24.7 Å². The van der Waals surface area contributed by atoms with Gasteiger partial charge in [0.15, 0.2) is 5.82 Å². The number of aliphatic carboxylic acids is 1. The van der Waals surface area contributed by atoms with Crippen LogP contribution in [0.1, 0.15) is 70.8 Å². The van der Waals surface area contributed by atoms with E-state index in [1.807, 2.05) is 28.8 Å². The van der Waals surface area contributed by atoms with E-state index in [1.54, 1.807) is 4.90 Å². The lowest BCUT2D eigenvalue weighted by molar-refractivity contribution is -0.140. The van der Waals surface area contributed by atoms with Crippen molar-refractivity contribution in [3.63, 3.8) is 0 Å². The maximum atomic E-state index is 14.0. The van der Waals surface area contributed by atoms with Crippen molar-refractivity contribution in [2.45, 2.75) is 94.9 Å². The van der Waals surface area contributed by atoms with Crippen LogP contribution in [0.5, 0.6) is 0 Å². The van der Waals surface area contributed by atoms with Gasteiger partial charge in [0.25, 0.3) is 5.56 Å². The van der Waals surface area contributed by atoms with Gasteiger partial charge in [-0.15, -0.1) is 0 Å². The number of anilines is 1. The predicted molar refractivity (Wildman–Crippen MR) is 146 cm³/mol. The van der Waals surface area contributed by atoms with Crippen molar-refractivity contribution in [3.8, 4) is 0 Å². The van der Waals surface area contributed by atoms with Crippen molar-refractivity contribution in [2.24, 2.45) is 17.8 Å². The Kier molecular flexibility index (Phi) is 6.23. The van der Waals surface area contributed by atoms with Gasteiger partial charge in [-0.05, 0) is 81.3 Å². The Morgan fingerprint density at radius 3 is 2.32 bits per heavy atom. The Morgan fingerprint density at radius 1 is 0.974 bits per heavy atom. The van der Waals surface area contributed by atoms with Crippen LogP contribution in [0.25, 0.3) is 11.0 Å². The molecule has 5 aliphatic rings. The molecule has 8 nitrogen and oxygen atoms in total. The van der Waals surface area contributed by atoms with Crippen LogP contribution < -0.4 is 10.5 Å². The third kappa shape index (κ3) is 4.06. The number of rotatable bonds is 5. The second kappa shape index (κ2) is 9.63. The molecule has 0 radical (unpaired) electrons. The minimum absolute atomic E-state index is 0.0569. The summed E-state index contributed by atoms with van der Waals surface area (Å²) in [4.78, 5) is 34.9. The minimum Gasteiger partial charge on any atom is -0.480 e. The summed E-state index contributed by atoms with van der Waals surface area (Å²) in [5.74, 6) is 2.05. The van der Waals surface area contributed by atoms with E-state index >= 15 is 0 Å². The molecule has 38 heavy (non-hydrogen) atoms. The second-order valence-electron chi connectivity index (χ2n) is 12.7. The van der Waals surface area contributed by atoms with E-state index in [4.69, 9.17) is 4.74 Å². The van der Waals surface area contributed by atoms with Crippen LogP contribution in [-0.2, 0) is 9.53 Å². The molecule has 1 aromatic heterocycles. The van der Waals surface area contributed by atoms with Gasteiger partial charge in [-0.3, -0.25) is 9.69 Å². The highest BCUT2D eigenvalue weighted by Gasteiger charge is 2.47. The average molecular weight is 521 g/mol. The van der Waals surface area contributed by atoms with Gasteiger partial charge in [-0.1, -0.05) is 25.5 Å². The molecule has 5 unspecified atom stereocenters. The van der Waals surface area contributed by atoms with E-state index in [-0.39, 0.29) is 17.4 Å². The summed E-state index contributed by atoms with van der Waals surface area (Å²) < 4.78 is 8.06. The molecule has 3 aliphatic heterocycles. The molecule has 5 atom stereocenters. The Morgan fingerprint density at radius 2 is 1.68 bits per heavy atom. The highest BCUT2D eigenvalue weighted by molar-refractivity contribution is 5.81. The zero-order valence-electron chi connectivity index (χ0n) is 22.4. The van der Waals surface area contributed by atoms with E-state index in [0.29, 0.717) is 31.1 Å². The Bertz CT molecular complexity index is 1250. The first-order chi connectivity index (χ1) is 18.5. The van der Waals surface area contributed by atoms with Crippen molar-refractivity contribution in [1.29, 1.82) is 0 Å². The van der Waals surface area contributed by atoms with Gasteiger partial charge < -0.3 is 19.3 Å². The van der Waals surface area contributed by atoms with Crippen LogP contribution in [0.3, 0.4) is 0 Å². The fourth-order valence-electron chi connectivity index (χ4n) is 8.84. The highest BCUT2D eigenvalue weighted by atomic mass is 16.5. The Labute approximate surface area is 224 Å². The number of piperidine rings is 1. The van der Waals surface area contributed by atoms with Gasteiger partial charge in [0.05, 0.1) is 24.2 Å². The maximum absolute atomic E-state index is 14.0. The third-order valence-electron chi connectivity index (χ3n) is 10.5. The van der Waals surface area contributed by atoms with Crippen LogP contribution in [0.15, 0.2) is 29.1 Å². The van der Waals surface area contributed by atoms with Crippen LogP contribution in [0.2, 0.25) is 0 Å². The molecule has 3 saturated heterocycles. The number of morpholine rings is 1. The normalized spacial score (nSPS) is 37.1. The number of hydrogen-bond acceptors (Lipinski definition) is 6. The fraction of sp³-hybridized carbons (Fsp3) is 0.700. The molecule has 2 saturated carbocycles. The molecule has 1 N–H and O–H groups in total. The number of para-hydroxylation sites is 2. The monoisotopic (exact) mass is 520 g/mol. The molecule has 4 bridgehead atoms. The molecular formula is C30H40N4O4. The van der Waals surface area contributed by atoms with Crippen LogP contribution in [-0.4, -0.2) is 69.5 Å². The summed E-state index contributed by atoms with van der Waals surface area (Å²) in [5, 5.41) is 9.64. The summed E-state index contributed by atoms with van der Waals surface area (Å²) in [6.07, 6.45) is 10.5. The Balaban J connectivity index is 1.20. The first kappa shape index (κ1) is 24.6. The molecule has 204 valence electrons. The van der Waals surface area contributed by atoms with E-state index in [2.05, 4.69) is 16.8 Å². The number of carboxylic acids is 1. The lowest BCUT2D eigenvalue weighted by atomic mass is 9.65. The lowest BCUT2D eigenvalue weighted by Crippen LogP contribution is -2.62. The molecular weight excluding hydrogens is 480 g/mol.